The van der Waals surface area contributed by atoms with Crippen LogP contribution < -0.4 is 15.8 Å². The first kappa shape index (κ1) is 19.3. The number of benzene rings is 1. The molecule has 0 saturated carbocycles. The van der Waals surface area contributed by atoms with E-state index in [1.165, 1.54) is 12.1 Å². The van der Waals surface area contributed by atoms with E-state index in [0.717, 1.165) is 19.3 Å². The second kappa shape index (κ2) is 9.40. The van der Waals surface area contributed by atoms with Gasteiger partial charge in [-0.05, 0) is 37.5 Å². The third-order valence-corrected chi connectivity index (χ3v) is 3.63. The number of carbonyl (C=O) groups is 2. The van der Waals surface area contributed by atoms with Crippen LogP contribution in [0.15, 0.2) is 18.2 Å². The standard InChI is InChI=1S/C17H25ClN2O3/c1-11(2)5-4-6-12(3)20-16(21)10-23-15-8-7-13(18)9-14(15)17(19)22/h7-9,11-12H,4-6,10H2,1-3H3,(H2,19,22)(H,20,21)/t12-/m0/s1. The number of ether oxygens (including phenoxy) is 1. The summed E-state index contributed by atoms with van der Waals surface area (Å²) in [6.45, 7) is 6.16. The highest BCUT2D eigenvalue weighted by atomic mass is 35.5. The maximum Gasteiger partial charge on any atom is 0.258 e. The van der Waals surface area contributed by atoms with Crippen LogP contribution in [0.1, 0.15) is 50.4 Å². The van der Waals surface area contributed by atoms with Crippen LogP contribution in [-0.4, -0.2) is 24.5 Å². The molecule has 2 amide bonds. The van der Waals surface area contributed by atoms with E-state index < -0.39 is 5.91 Å². The van der Waals surface area contributed by atoms with Gasteiger partial charge in [0.05, 0.1) is 5.56 Å². The number of primary amides is 1. The number of rotatable bonds is 9. The van der Waals surface area contributed by atoms with Crippen molar-refractivity contribution < 1.29 is 14.3 Å². The molecule has 0 heterocycles. The fourth-order valence-electron chi connectivity index (χ4n) is 2.18. The van der Waals surface area contributed by atoms with Crippen molar-refractivity contribution in [3.8, 4) is 5.75 Å². The molecular weight excluding hydrogens is 316 g/mol. The van der Waals surface area contributed by atoms with Crippen LogP contribution in [0.2, 0.25) is 5.02 Å². The third-order valence-electron chi connectivity index (χ3n) is 3.39. The molecule has 0 fully saturated rings. The molecule has 3 N–H and O–H groups in total. The van der Waals surface area contributed by atoms with E-state index in [1.807, 2.05) is 6.92 Å². The zero-order valence-corrected chi connectivity index (χ0v) is 14.7. The molecule has 128 valence electrons. The van der Waals surface area contributed by atoms with Crippen LogP contribution in [0.25, 0.3) is 0 Å². The van der Waals surface area contributed by atoms with E-state index in [1.54, 1.807) is 6.07 Å². The highest BCUT2D eigenvalue weighted by molar-refractivity contribution is 6.31. The minimum atomic E-state index is -0.648. The zero-order valence-electron chi connectivity index (χ0n) is 13.9. The predicted molar refractivity (Wildman–Crippen MR) is 91.8 cm³/mol. The molecule has 6 heteroatoms. The number of amides is 2. The van der Waals surface area contributed by atoms with Gasteiger partial charge in [0.2, 0.25) is 0 Å². The SMILES string of the molecule is CC(C)CCC[C@H](C)NC(=O)COc1ccc(Cl)cc1C(N)=O. The molecule has 0 spiro atoms. The van der Waals surface area contributed by atoms with Crippen LogP contribution >= 0.6 is 11.6 Å². The first-order valence-corrected chi connectivity index (χ1v) is 8.19. The Morgan fingerprint density at radius 1 is 1.26 bits per heavy atom. The summed E-state index contributed by atoms with van der Waals surface area (Å²) >= 11 is 5.82. The third kappa shape index (κ3) is 7.37. The van der Waals surface area contributed by atoms with E-state index in [-0.39, 0.29) is 29.9 Å². The van der Waals surface area contributed by atoms with E-state index in [9.17, 15) is 9.59 Å². The van der Waals surface area contributed by atoms with Crippen molar-refractivity contribution in [1.29, 1.82) is 0 Å². The summed E-state index contributed by atoms with van der Waals surface area (Å²) in [5.41, 5.74) is 5.43. The van der Waals surface area contributed by atoms with E-state index in [4.69, 9.17) is 22.1 Å². The highest BCUT2D eigenvalue weighted by Gasteiger charge is 2.13. The Kier molecular flexibility index (Phi) is 7.89. The summed E-state index contributed by atoms with van der Waals surface area (Å²) in [7, 11) is 0. The molecule has 0 radical (unpaired) electrons. The Balaban J connectivity index is 2.46. The molecule has 0 aromatic heterocycles. The molecule has 1 aromatic rings. The van der Waals surface area contributed by atoms with Crippen molar-refractivity contribution in [3.63, 3.8) is 0 Å². The van der Waals surface area contributed by atoms with Crippen LogP contribution in [0.5, 0.6) is 5.75 Å². The number of nitrogens with two attached hydrogens (primary N) is 1. The monoisotopic (exact) mass is 340 g/mol. The summed E-state index contributed by atoms with van der Waals surface area (Å²) < 4.78 is 5.39. The highest BCUT2D eigenvalue weighted by Crippen LogP contribution is 2.22. The molecule has 5 nitrogen and oxygen atoms in total. The van der Waals surface area contributed by atoms with Crippen LogP contribution in [0, 0.1) is 5.92 Å². The minimum Gasteiger partial charge on any atom is -0.483 e. The number of carbonyl (C=O) groups excluding carboxylic acids is 2. The summed E-state index contributed by atoms with van der Waals surface area (Å²) in [5.74, 6) is 0.0419. The largest absolute Gasteiger partial charge is 0.483 e. The molecule has 0 unspecified atom stereocenters. The molecular formula is C17H25ClN2O3. The molecule has 0 aliphatic heterocycles. The van der Waals surface area contributed by atoms with E-state index in [2.05, 4.69) is 19.2 Å². The van der Waals surface area contributed by atoms with Gasteiger partial charge in [0, 0.05) is 11.1 Å². The Labute approximate surface area is 142 Å². The quantitative estimate of drug-likeness (QED) is 0.724. The lowest BCUT2D eigenvalue weighted by atomic mass is 10.0. The van der Waals surface area contributed by atoms with E-state index in [0.29, 0.717) is 10.9 Å². The lowest BCUT2D eigenvalue weighted by molar-refractivity contribution is -0.123. The average molecular weight is 341 g/mol. The van der Waals surface area contributed by atoms with Crippen molar-refractivity contribution in [2.24, 2.45) is 11.7 Å². The first-order valence-electron chi connectivity index (χ1n) is 7.81. The van der Waals surface area contributed by atoms with Gasteiger partial charge in [0.1, 0.15) is 5.75 Å². The van der Waals surface area contributed by atoms with Gasteiger partial charge in [0.25, 0.3) is 11.8 Å². The van der Waals surface area contributed by atoms with Gasteiger partial charge in [-0.25, -0.2) is 0 Å². The predicted octanol–water partition coefficient (Wildman–Crippen LogP) is 3.15. The van der Waals surface area contributed by atoms with Crippen molar-refractivity contribution in [3.05, 3.63) is 28.8 Å². The molecule has 0 aliphatic rings. The Morgan fingerprint density at radius 2 is 1.96 bits per heavy atom. The maximum absolute atomic E-state index is 11.9. The van der Waals surface area contributed by atoms with Crippen LogP contribution in [0.4, 0.5) is 0 Å². The second-order valence-electron chi connectivity index (χ2n) is 6.09. The minimum absolute atomic E-state index is 0.0886. The van der Waals surface area contributed by atoms with Crippen molar-refractivity contribution in [1.82, 2.24) is 5.32 Å². The smallest absolute Gasteiger partial charge is 0.258 e. The number of halogens is 1. The molecule has 0 bridgehead atoms. The van der Waals surface area contributed by atoms with Gasteiger partial charge in [-0.1, -0.05) is 38.3 Å². The maximum atomic E-state index is 11.9. The van der Waals surface area contributed by atoms with Gasteiger partial charge in [-0.2, -0.15) is 0 Å². The molecule has 0 aliphatic carbocycles. The van der Waals surface area contributed by atoms with Gasteiger partial charge >= 0.3 is 0 Å². The van der Waals surface area contributed by atoms with Crippen molar-refractivity contribution in [2.75, 3.05) is 6.61 Å². The van der Waals surface area contributed by atoms with Crippen molar-refractivity contribution in [2.45, 2.75) is 46.1 Å². The zero-order chi connectivity index (χ0) is 17.4. The number of nitrogens with one attached hydrogen (secondary N) is 1. The normalized spacial score (nSPS) is 12.0. The second-order valence-corrected chi connectivity index (χ2v) is 6.52. The fourth-order valence-corrected chi connectivity index (χ4v) is 2.36. The molecule has 1 aromatic carbocycles. The molecule has 0 saturated heterocycles. The van der Waals surface area contributed by atoms with E-state index >= 15 is 0 Å². The lowest BCUT2D eigenvalue weighted by Gasteiger charge is -2.15. The first-order chi connectivity index (χ1) is 10.8. The van der Waals surface area contributed by atoms with Gasteiger partial charge in [-0.3, -0.25) is 9.59 Å². The molecule has 23 heavy (non-hydrogen) atoms. The topological polar surface area (TPSA) is 81.4 Å². The van der Waals surface area contributed by atoms with Crippen molar-refractivity contribution >= 4 is 23.4 Å². The Hall–Kier alpha value is -1.75. The number of hydrogen-bond donors (Lipinski definition) is 2. The molecule has 1 rings (SSSR count). The van der Waals surface area contributed by atoms with Gasteiger partial charge in [-0.15, -0.1) is 0 Å². The number of hydrogen-bond acceptors (Lipinski definition) is 3. The van der Waals surface area contributed by atoms with Gasteiger partial charge < -0.3 is 15.8 Å². The van der Waals surface area contributed by atoms with Crippen LogP contribution in [0.3, 0.4) is 0 Å². The van der Waals surface area contributed by atoms with Crippen LogP contribution in [-0.2, 0) is 4.79 Å². The summed E-state index contributed by atoms with van der Waals surface area (Å²) in [6, 6.07) is 4.62. The summed E-state index contributed by atoms with van der Waals surface area (Å²) in [5, 5.41) is 3.26. The Morgan fingerprint density at radius 3 is 2.57 bits per heavy atom. The molecule has 1 atom stereocenters. The van der Waals surface area contributed by atoms with Gasteiger partial charge in [0.15, 0.2) is 6.61 Å². The summed E-state index contributed by atoms with van der Waals surface area (Å²) in [4.78, 5) is 23.2. The fraction of sp³-hybridized carbons (Fsp3) is 0.529. The Bertz CT molecular complexity index is 547. The lowest BCUT2D eigenvalue weighted by Crippen LogP contribution is -2.36. The average Bonchev–Trinajstić information content (AvgIpc) is 2.45. The summed E-state index contributed by atoms with van der Waals surface area (Å²) in [6.07, 6.45) is 3.14.